The highest BCUT2D eigenvalue weighted by Crippen LogP contribution is 2.23. The Morgan fingerprint density at radius 1 is 0.926 bits per heavy atom. The first-order valence-electron chi connectivity index (χ1n) is 9.71. The number of carbonyl (C=O) groups excluding carboxylic acids is 1. The van der Waals surface area contributed by atoms with Crippen LogP contribution >= 0.6 is 0 Å². The highest BCUT2D eigenvalue weighted by atomic mass is 16.5. The fourth-order valence-electron chi connectivity index (χ4n) is 2.63. The Morgan fingerprint density at radius 2 is 1.70 bits per heavy atom. The van der Waals surface area contributed by atoms with Gasteiger partial charge in [-0.25, -0.2) is 0 Å². The van der Waals surface area contributed by atoms with Crippen molar-refractivity contribution in [3.63, 3.8) is 0 Å². The van der Waals surface area contributed by atoms with E-state index in [0.717, 1.165) is 35.9 Å². The normalized spacial score (nSPS) is 10.3. The van der Waals surface area contributed by atoms with Gasteiger partial charge < -0.3 is 20.1 Å². The number of nitrogens with one attached hydrogen (secondary N) is 2. The van der Waals surface area contributed by atoms with Crippen LogP contribution in [0.2, 0.25) is 0 Å². The summed E-state index contributed by atoms with van der Waals surface area (Å²) in [5, 5.41) is 5.99. The third-order valence-corrected chi connectivity index (χ3v) is 4.03. The van der Waals surface area contributed by atoms with E-state index in [9.17, 15) is 4.79 Å². The van der Waals surface area contributed by atoms with Crippen molar-refractivity contribution >= 4 is 17.3 Å². The van der Waals surface area contributed by atoms with Gasteiger partial charge in [-0.15, -0.1) is 0 Å². The molecule has 0 aliphatic carbocycles. The Kier molecular flexibility index (Phi) is 9.04. The van der Waals surface area contributed by atoms with Crippen LogP contribution in [0.1, 0.15) is 39.5 Å². The summed E-state index contributed by atoms with van der Waals surface area (Å²) in [5.74, 6) is 1.45. The zero-order valence-electron chi connectivity index (χ0n) is 16.3. The van der Waals surface area contributed by atoms with E-state index < -0.39 is 0 Å². The summed E-state index contributed by atoms with van der Waals surface area (Å²) in [6.45, 7) is 5.61. The van der Waals surface area contributed by atoms with E-state index in [1.807, 2.05) is 55.5 Å². The minimum Gasteiger partial charge on any atom is -0.494 e. The van der Waals surface area contributed by atoms with Crippen LogP contribution in [0, 0.1) is 0 Å². The van der Waals surface area contributed by atoms with E-state index in [-0.39, 0.29) is 12.5 Å². The molecular formula is C22H30N2O3. The summed E-state index contributed by atoms with van der Waals surface area (Å²) in [7, 11) is 0. The molecule has 0 spiro atoms. The Morgan fingerprint density at radius 3 is 2.44 bits per heavy atom. The van der Waals surface area contributed by atoms with Crippen molar-refractivity contribution < 1.29 is 14.3 Å². The number of para-hydroxylation sites is 2. The van der Waals surface area contributed by atoms with Gasteiger partial charge in [-0.3, -0.25) is 4.79 Å². The van der Waals surface area contributed by atoms with Gasteiger partial charge in [-0.1, -0.05) is 38.3 Å². The molecule has 0 aromatic heterocycles. The molecule has 1 amide bonds. The summed E-state index contributed by atoms with van der Waals surface area (Å²) in [6.07, 6.45) is 4.74. The molecule has 0 atom stereocenters. The lowest BCUT2D eigenvalue weighted by molar-refractivity contribution is -0.114. The molecule has 0 unspecified atom stereocenters. The van der Waals surface area contributed by atoms with Crippen LogP contribution in [0.5, 0.6) is 11.5 Å². The molecule has 0 saturated heterocycles. The number of benzene rings is 2. The van der Waals surface area contributed by atoms with Crippen molar-refractivity contribution in [2.75, 3.05) is 30.4 Å². The van der Waals surface area contributed by atoms with Crippen LogP contribution in [0.3, 0.4) is 0 Å². The maximum Gasteiger partial charge on any atom is 0.243 e. The van der Waals surface area contributed by atoms with E-state index in [0.29, 0.717) is 6.61 Å². The molecule has 0 aliphatic heterocycles. The van der Waals surface area contributed by atoms with E-state index >= 15 is 0 Å². The van der Waals surface area contributed by atoms with Crippen LogP contribution in [0.4, 0.5) is 11.4 Å². The largest absolute Gasteiger partial charge is 0.494 e. The summed E-state index contributed by atoms with van der Waals surface area (Å²) in [6, 6.07) is 15.1. The van der Waals surface area contributed by atoms with E-state index in [2.05, 4.69) is 17.6 Å². The molecule has 2 aromatic rings. The molecule has 0 radical (unpaired) electrons. The number of carbonyl (C=O) groups is 1. The van der Waals surface area contributed by atoms with Gasteiger partial charge in [0.2, 0.25) is 5.91 Å². The lowest BCUT2D eigenvalue weighted by Crippen LogP contribution is -2.22. The van der Waals surface area contributed by atoms with E-state index in [1.165, 1.54) is 19.3 Å². The molecule has 0 heterocycles. The number of hydrogen-bond donors (Lipinski definition) is 2. The minimum absolute atomic E-state index is 0.116. The molecule has 0 fully saturated rings. The number of ether oxygens (including phenoxy) is 2. The Hall–Kier alpha value is -2.69. The summed E-state index contributed by atoms with van der Waals surface area (Å²) in [5.41, 5.74) is 1.56. The molecular weight excluding hydrogens is 340 g/mol. The van der Waals surface area contributed by atoms with E-state index in [1.54, 1.807) is 0 Å². The lowest BCUT2D eigenvalue weighted by atomic mass is 10.2. The molecule has 5 heteroatoms. The van der Waals surface area contributed by atoms with Crippen LogP contribution in [-0.4, -0.2) is 25.7 Å². The summed E-state index contributed by atoms with van der Waals surface area (Å²) < 4.78 is 11.3. The van der Waals surface area contributed by atoms with Crippen molar-refractivity contribution in [3.05, 3.63) is 48.5 Å². The smallest absolute Gasteiger partial charge is 0.243 e. The zero-order valence-corrected chi connectivity index (χ0v) is 16.3. The second-order valence-electron chi connectivity index (χ2n) is 6.26. The average Bonchev–Trinajstić information content (AvgIpc) is 2.69. The van der Waals surface area contributed by atoms with Crippen molar-refractivity contribution in [2.24, 2.45) is 0 Å². The van der Waals surface area contributed by atoms with E-state index in [4.69, 9.17) is 9.47 Å². The maximum absolute atomic E-state index is 12.2. The molecule has 27 heavy (non-hydrogen) atoms. The number of amides is 1. The fraction of sp³-hybridized carbons (Fsp3) is 0.409. The van der Waals surface area contributed by atoms with Crippen molar-refractivity contribution in [2.45, 2.75) is 39.5 Å². The first-order chi connectivity index (χ1) is 13.2. The van der Waals surface area contributed by atoms with Gasteiger partial charge in [0.05, 0.1) is 25.4 Å². The van der Waals surface area contributed by atoms with Gasteiger partial charge in [-0.2, -0.15) is 0 Å². The highest BCUT2D eigenvalue weighted by Gasteiger charge is 2.06. The molecule has 2 N–H and O–H groups in total. The van der Waals surface area contributed by atoms with Crippen LogP contribution in [0.15, 0.2) is 48.5 Å². The summed E-state index contributed by atoms with van der Waals surface area (Å²) >= 11 is 0. The van der Waals surface area contributed by atoms with Gasteiger partial charge in [0, 0.05) is 5.69 Å². The Labute approximate surface area is 162 Å². The van der Waals surface area contributed by atoms with Crippen molar-refractivity contribution in [1.82, 2.24) is 0 Å². The fourth-order valence-corrected chi connectivity index (χ4v) is 2.63. The van der Waals surface area contributed by atoms with Gasteiger partial charge >= 0.3 is 0 Å². The maximum atomic E-state index is 12.2. The van der Waals surface area contributed by atoms with Gasteiger partial charge in [0.25, 0.3) is 0 Å². The van der Waals surface area contributed by atoms with Crippen molar-refractivity contribution in [3.8, 4) is 11.5 Å². The predicted octanol–water partition coefficient (Wildman–Crippen LogP) is 5.10. The molecule has 2 aromatic carbocycles. The topological polar surface area (TPSA) is 59.6 Å². The monoisotopic (exact) mass is 370 g/mol. The Bertz CT molecular complexity index is 686. The highest BCUT2D eigenvalue weighted by molar-refractivity contribution is 5.94. The summed E-state index contributed by atoms with van der Waals surface area (Å²) in [4.78, 5) is 12.2. The second kappa shape index (κ2) is 11.8. The van der Waals surface area contributed by atoms with Gasteiger partial charge in [0.15, 0.2) is 0 Å². The molecule has 5 nitrogen and oxygen atoms in total. The minimum atomic E-state index is -0.116. The Balaban J connectivity index is 1.75. The van der Waals surface area contributed by atoms with Gasteiger partial charge in [-0.05, 0) is 49.7 Å². The number of hydrogen-bond acceptors (Lipinski definition) is 4. The van der Waals surface area contributed by atoms with Crippen LogP contribution in [-0.2, 0) is 4.79 Å². The second-order valence-corrected chi connectivity index (χ2v) is 6.26. The molecule has 146 valence electrons. The van der Waals surface area contributed by atoms with Crippen LogP contribution in [0.25, 0.3) is 0 Å². The van der Waals surface area contributed by atoms with Crippen molar-refractivity contribution in [1.29, 1.82) is 0 Å². The SMILES string of the molecule is CCCCCCOc1ccc(NC(=O)CNc2ccccc2OCC)cc1. The third kappa shape index (κ3) is 7.60. The first kappa shape index (κ1) is 20.6. The average molecular weight is 370 g/mol. The zero-order chi connectivity index (χ0) is 19.3. The molecule has 0 saturated carbocycles. The number of rotatable bonds is 12. The van der Waals surface area contributed by atoms with Crippen LogP contribution < -0.4 is 20.1 Å². The molecule has 0 aliphatic rings. The molecule has 2 rings (SSSR count). The quantitative estimate of drug-likeness (QED) is 0.511. The molecule has 0 bridgehead atoms. The number of unbranched alkanes of at least 4 members (excludes halogenated alkanes) is 3. The number of anilines is 2. The lowest BCUT2D eigenvalue weighted by Gasteiger charge is -2.12. The third-order valence-electron chi connectivity index (χ3n) is 4.03. The standard InChI is InChI=1S/C22H30N2O3/c1-3-5-6-9-16-27-19-14-12-18(13-15-19)24-22(25)17-23-20-10-7-8-11-21(20)26-4-2/h7-8,10-15,23H,3-6,9,16-17H2,1-2H3,(H,24,25). The first-order valence-corrected chi connectivity index (χ1v) is 9.71. The van der Waals surface area contributed by atoms with Gasteiger partial charge in [0.1, 0.15) is 11.5 Å². The predicted molar refractivity (Wildman–Crippen MR) is 111 cm³/mol.